The number of hydrogen-bond acceptors (Lipinski definition) is 3. The van der Waals surface area contributed by atoms with E-state index in [9.17, 15) is 9.18 Å². The Bertz CT molecular complexity index is 477. The zero-order chi connectivity index (χ0) is 16.0. The van der Waals surface area contributed by atoms with E-state index in [2.05, 4.69) is 12.2 Å². The van der Waals surface area contributed by atoms with E-state index >= 15 is 0 Å². The number of amides is 1. The SMILES string of the molecule is CCCC(C)NC(=O)C(C)Oc1ccc([C@@H](C)N)cc1F. The quantitative estimate of drug-likeness (QED) is 0.813. The van der Waals surface area contributed by atoms with Gasteiger partial charge in [0.15, 0.2) is 17.7 Å². The maximum Gasteiger partial charge on any atom is 0.260 e. The summed E-state index contributed by atoms with van der Waals surface area (Å²) in [5, 5.41) is 2.84. The molecule has 1 amide bonds. The highest BCUT2D eigenvalue weighted by atomic mass is 19.1. The largest absolute Gasteiger partial charge is 0.478 e. The van der Waals surface area contributed by atoms with Crippen molar-refractivity contribution in [3.63, 3.8) is 0 Å². The molecule has 0 aliphatic carbocycles. The molecular formula is C16H25FN2O2. The molecule has 1 aromatic rings. The molecule has 5 heteroatoms. The van der Waals surface area contributed by atoms with Gasteiger partial charge in [-0.25, -0.2) is 4.39 Å². The first-order valence-corrected chi connectivity index (χ1v) is 7.37. The Balaban J connectivity index is 2.66. The van der Waals surface area contributed by atoms with Gasteiger partial charge in [-0.15, -0.1) is 0 Å². The summed E-state index contributed by atoms with van der Waals surface area (Å²) in [6, 6.07) is 4.38. The van der Waals surface area contributed by atoms with Gasteiger partial charge in [-0.1, -0.05) is 19.4 Å². The highest BCUT2D eigenvalue weighted by Gasteiger charge is 2.18. The van der Waals surface area contributed by atoms with Crippen molar-refractivity contribution in [3.8, 4) is 5.75 Å². The average molecular weight is 296 g/mol. The van der Waals surface area contributed by atoms with Crippen LogP contribution in [0.15, 0.2) is 18.2 Å². The van der Waals surface area contributed by atoms with E-state index in [0.717, 1.165) is 12.8 Å². The van der Waals surface area contributed by atoms with Crippen LogP contribution >= 0.6 is 0 Å². The van der Waals surface area contributed by atoms with E-state index in [0.29, 0.717) is 5.56 Å². The van der Waals surface area contributed by atoms with Gasteiger partial charge >= 0.3 is 0 Å². The van der Waals surface area contributed by atoms with Crippen LogP contribution in [0.3, 0.4) is 0 Å². The van der Waals surface area contributed by atoms with Crippen molar-refractivity contribution in [2.24, 2.45) is 5.73 Å². The fourth-order valence-electron chi connectivity index (χ4n) is 2.01. The lowest BCUT2D eigenvalue weighted by molar-refractivity contribution is -0.128. The number of halogens is 1. The van der Waals surface area contributed by atoms with Crippen LogP contribution in [0.5, 0.6) is 5.75 Å². The summed E-state index contributed by atoms with van der Waals surface area (Å²) in [4.78, 5) is 11.9. The topological polar surface area (TPSA) is 64.3 Å². The number of carbonyl (C=O) groups excluding carboxylic acids is 1. The summed E-state index contributed by atoms with van der Waals surface area (Å²) < 4.78 is 19.3. The van der Waals surface area contributed by atoms with Gasteiger partial charge in [0.05, 0.1) is 0 Å². The fourth-order valence-corrected chi connectivity index (χ4v) is 2.01. The molecule has 1 rings (SSSR count). The molecule has 118 valence electrons. The molecule has 4 nitrogen and oxygen atoms in total. The molecular weight excluding hydrogens is 271 g/mol. The van der Waals surface area contributed by atoms with Crippen LogP contribution < -0.4 is 15.8 Å². The zero-order valence-corrected chi connectivity index (χ0v) is 13.2. The summed E-state index contributed by atoms with van der Waals surface area (Å²) in [6.07, 6.45) is 1.14. The fraction of sp³-hybridized carbons (Fsp3) is 0.562. The van der Waals surface area contributed by atoms with E-state index in [4.69, 9.17) is 10.5 Å². The van der Waals surface area contributed by atoms with Crippen molar-refractivity contribution in [3.05, 3.63) is 29.6 Å². The van der Waals surface area contributed by atoms with E-state index in [1.807, 2.05) is 6.92 Å². The normalized spacial score (nSPS) is 15.1. The van der Waals surface area contributed by atoms with Crippen LogP contribution in [0.25, 0.3) is 0 Å². The average Bonchev–Trinajstić information content (AvgIpc) is 2.40. The van der Waals surface area contributed by atoms with Crippen LogP contribution in [-0.4, -0.2) is 18.1 Å². The lowest BCUT2D eigenvalue weighted by atomic mass is 10.1. The van der Waals surface area contributed by atoms with E-state index in [1.54, 1.807) is 19.9 Å². The highest BCUT2D eigenvalue weighted by molar-refractivity contribution is 5.80. The van der Waals surface area contributed by atoms with Crippen molar-refractivity contribution in [1.82, 2.24) is 5.32 Å². The number of nitrogens with one attached hydrogen (secondary N) is 1. The minimum atomic E-state index is -0.750. The number of carbonyl (C=O) groups is 1. The summed E-state index contributed by atoms with van der Waals surface area (Å²) >= 11 is 0. The smallest absolute Gasteiger partial charge is 0.260 e. The molecule has 2 unspecified atom stereocenters. The Morgan fingerprint density at radius 1 is 1.38 bits per heavy atom. The van der Waals surface area contributed by atoms with Gasteiger partial charge in [-0.05, 0) is 44.9 Å². The molecule has 3 atom stereocenters. The number of hydrogen-bond donors (Lipinski definition) is 2. The van der Waals surface area contributed by atoms with Crippen LogP contribution in [0.4, 0.5) is 4.39 Å². The molecule has 0 aromatic heterocycles. The molecule has 0 spiro atoms. The van der Waals surface area contributed by atoms with Gasteiger partial charge in [0.2, 0.25) is 0 Å². The molecule has 0 aliphatic rings. The van der Waals surface area contributed by atoms with Crippen LogP contribution in [-0.2, 0) is 4.79 Å². The minimum absolute atomic E-state index is 0.0604. The first kappa shape index (κ1) is 17.4. The van der Waals surface area contributed by atoms with Crippen LogP contribution in [0, 0.1) is 5.82 Å². The Labute approximate surface area is 125 Å². The highest BCUT2D eigenvalue weighted by Crippen LogP contribution is 2.22. The maximum absolute atomic E-state index is 13.9. The second kappa shape index (κ2) is 7.98. The predicted molar refractivity (Wildman–Crippen MR) is 81.6 cm³/mol. The van der Waals surface area contributed by atoms with Gasteiger partial charge in [0, 0.05) is 12.1 Å². The molecule has 21 heavy (non-hydrogen) atoms. The standard InChI is InChI=1S/C16H25FN2O2/c1-5-6-10(2)19-16(20)12(4)21-15-8-7-13(11(3)18)9-14(15)17/h7-12H,5-6,18H2,1-4H3,(H,19,20)/t10?,11-,12?/m1/s1. The maximum atomic E-state index is 13.9. The number of rotatable bonds is 7. The summed E-state index contributed by atoms with van der Waals surface area (Å²) in [5.74, 6) is -0.692. The summed E-state index contributed by atoms with van der Waals surface area (Å²) in [6.45, 7) is 7.37. The van der Waals surface area contributed by atoms with Gasteiger partial charge in [0.25, 0.3) is 5.91 Å². The van der Waals surface area contributed by atoms with Crippen molar-refractivity contribution in [2.45, 2.75) is 58.7 Å². The van der Waals surface area contributed by atoms with Gasteiger partial charge in [-0.3, -0.25) is 4.79 Å². The van der Waals surface area contributed by atoms with Crippen molar-refractivity contribution in [1.29, 1.82) is 0 Å². The second-order valence-corrected chi connectivity index (χ2v) is 5.44. The van der Waals surface area contributed by atoms with Gasteiger partial charge in [-0.2, -0.15) is 0 Å². The number of nitrogens with two attached hydrogens (primary N) is 1. The van der Waals surface area contributed by atoms with Crippen molar-refractivity contribution in [2.75, 3.05) is 0 Å². The first-order chi connectivity index (χ1) is 9.85. The third-order valence-corrected chi connectivity index (χ3v) is 3.27. The summed E-state index contributed by atoms with van der Waals surface area (Å²) in [5.41, 5.74) is 6.38. The zero-order valence-electron chi connectivity index (χ0n) is 13.2. The molecule has 0 radical (unpaired) electrons. The third-order valence-electron chi connectivity index (χ3n) is 3.27. The molecule has 3 N–H and O–H groups in total. The lowest BCUT2D eigenvalue weighted by Gasteiger charge is -2.19. The molecule has 0 aliphatic heterocycles. The molecule has 0 fully saturated rings. The Morgan fingerprint density at radius 2 is 2.05 bits per heavy atom. The monoisotopic (exact) mass is 296 g/mol. The predicted octanol–water partition coefficient (Wildman–Crippen LogP) is 2.92. The van der Waals surface area contributed by atoms with Gasteiger partial charge in [0.1, 0.15) is 0 Å². The second-order valence-electron chi connectivity index (χ2n) is 5.44. The number of ether oxygens (including phenoxy) is 1. The summed E-state index contributed by atoms with van der Waals surface area (Å²) in [7, 11) is 0. The van der Waals surface area contributed by atoms with Crippen molar-refractivity contribution >= 4 is 5.91 Å². The molecule has 0 saturated carbocycles. The Hall–Kier alpha value is -1.62. The minimum Gasteiger partial charge on any atom is -0.478 e. The Kier molecular flexibility index (Phi) is 6.62. The van der Waals surface area contributed by atoms with E-state index in [1.165, 1.54) is 12.1 Å². The van der Waals surface area contributed by atoms with Crippen LogP contribution in [0.2, 0.25) is 0 Å². The van der Waals surface area contributed by atoms with Crippen LogP contribution in [0.1, 0.15) is 52.1 Å². The molecule has 0 saturated heterocycles. The first-order valence-electron chi connectivity index (χ1n) is 7.37. The molecule has 0 bridgehead atoms. The van der Waals surface area contributed by atoms with E-state index < -0.39 is 11.9 Å². The number of benzene rings is 1. The Morgan fingerprint density at radius 3 is 2.57 bits per heavy atom. The van der Waals surface area contributed by atoms with Crippen molar-refractivity contribution < 1.29 is 13.9 Å². The third kappa shape index (κ3) is 5.34. The lowest BCUT2D eigenvalue weighted by Crippen LogP contribution is -2.41. The molecule has 1 aromatic carbocycles. The van der Waals surface area contributed by atoms with Gasteiger partial charge < -0.3 is 15.8 Å². The molecule has 0 heterocycles. The van der Waals surface area contributed by atoms with E-state index in [-0.39, 0.29) is 23.7 Å².